The van der Waals surface area contributed by atoms with Crippen LogP contribution in [-0.2, 0) is 0 Å². The molecule has 0 amide bonds. The summed E-state index contributed by atoms with van der Waals surface area (Å²) in [7, 11) is 0. The largest absolute Gasteiger partial charge is 0.488 e. The van der Waals surface area contributed by atoms with E-state index in [1.165, 1.54) is 29.1 Å². The normalized spacial score (nSPS) is 12.3. The Morgan fingerprint density at radius 1 is 0.952 bits per heavy atom. The third kappa shape index (κ3) is 4.52. The van der Waals surface area contributed by atoms with Gasteiger partial charge in [0.15, 0.2) is 17.2 Å². The van der Waals surface area contributed by atoms with Gasteiger partial charge in [0.05, 0.1) is 22.7 Å². The van der Waals surface area contributed by atoms with E-state index in [1.807, 2.05) is 26.8 Å². The predicted molar refractivity (Wildman–Crippen MR) is 157 cm³/mol. The summed E-state index contributed by atoms with van der Waals surface area (Å²) in [6.07, 6.45) is 1.54. The number of hydrogen-bond acceptors (Lipinski definition) is 7. The standard InChI is InChI=1S/C31H27F2N7O2/c1-4-23(29-37-22-12-8-11-20(32)25(22)31(41)39(29)19-9-6-5-7-10-19)40-30-26(28(34)35-16-36-30)27(38-40)18-13-14-24(21(33)15-18)42-17(2)3/h5-17,23H,4H2,1-3H3,(H2,34,35,36)/t23-/m0/s1. The second kappa shape index (κ2) is 10.7. The van der Waals surface area contributed by atoms with Crippen LogP contribution in [0.5, 0.6) is 5.75 Å². The molecule has 1 atom stereocenters. The molecule has 11 heteroatoms. The van der Waals surface area contributed by atoms with Crippen molar-refractivity contribution >= 4 is 27.8 Å². The molecule has 3 aromatic heterocycles. The number of ether oxygens (including phenoxy) is 1. The lowest BCUT2D eigenvalue weighted by atomic mass is 10.1. The number of nitrogens with two attached hydrogens (primary N) is 1. The SMILES string of the molecule is CC[C@@H](c1nc2cccc(F)c2c(=O)n1-c1ccccc1)n1nc(-c2ccc(OC(C)C)c(F)c2)c2c(N)ncnc21. The van der Waals surface area contributed by atoms with Crippen LogP contribution in [0.15, 0.2) is 77.9 Å². The summed E-state index contributed by atoms with van der Waals surface area (Å²) in [5.41, 5.74) is 7.68. The predicted octanol–water partition coefficient (Wildman–Crippen LogP) is 5.84. The number of aromatic nitrogens is 6. The first-order chi connectivity index (χ1) is 20.3. The summed E-state index contributed by atoms with van der Waals surface area (Å²) in [5, 5.41) is 5.17. The van der Waals surface area contributed by atoms with Crippen LogP contribution < -0.4 is 16.0 Å². The van der Waals surface area contributed by atoms with Gasteiger partial charge >= 0.3 is 0 Å². The van der Waals surface area contributed by atoms with Crippen LogP contribution in [0.3, 0.4) is 0 Å². The molecule has 3 heterocycles. The molecule has 0 bridgehead atoms. The number of halogens is 2. The van der Waals surface area contributed by atoms with Crippen molar-refractivity contribution in [2.24, 2.45) is 0 Å². The zero-order valence-electron chi connectivity index (χ0n) is 23.1. The average molecular weight is 568 g/mol. The van der Waals surface area contributed by atoms with Crippen molar-refractivity contribution in [3.05, 3.63) is 101 Å². The molecule has 0 unspecified atom stereocenters. The average Bonchev–Trinajstić information content (AvgIpc) is 3.35. The minimum atomic E-state index is -0.659. The summed E-state index contributed by atoms with van der Waals surface area (Å²) >= 11 is 0. The molecule has 212 valence electrons. The first-order valence-corrected chi connectivity index (χ1v) is 13.5. The van der Waals surface area contributed by atoms with Gasteiger partial charge in [0, 0.05) is 5.56 Å². The first-order valence-electron chi connectivity index (χ1n) is 13.5. The minimum Gasteiger partial charge on any atom is -0.488 e. The Labute approximate surface area is 239 Å². The van der Waals surface area contributed by atoms with Crippen molar-refractivity contribution in [3.8, 4) is 22.7 Å². The highest BCUT2D eigenvalue weighted by atomic mass is 19.1. The lowest BCUT2D eigenvalue weighted by Crippen LogP contribution is -2.29. The molecule has 6 rings (SSSR count). The molecule has 0 saturated heterocycles. The zero-order valence-corrected chi connectivity index (χ0v) is 23.1. The van der Waals surface area contributed by atoms with Gasteiger partial charge in [-0.05, 0) is 62.7 Å². The van der Waals surface area contributed by atoms with E-state index in [1.54, 1.807) is 47.1 Å². The molecular formula is C31H27F2N7O2. The number of hydrogen-bond donors (Lipinski definition) is 1. The van der Waals surface area contributed by atoms with Gasteiger partial charge in [-0.1, -0.05) is 31.2 Å². The first kappa shape index (κ1) is 27.0. The van der Waals surface area contributed by atoms with Crippen molar-refractivity contribution in [2.75, 3.05) is 5.73 Å². The number of para-hydroxylation sites is 1. The number of fused-ring (bicyclic) bond motifs is 2. The van der Waals surface area contributed by atoms with Gasteiger partial charge in [-0.25, -0.2) is 28.4 Å². The molecule has 6 aromatic rings. The Balaban J connectivity index is 1.62. The molecule has 0 aliphatic rings. The molecule has 0 fully saturated rings. The van der Waals surface area contributed by atoms with Gasteiger partial charge in [0.2, 0.25) is 0 Å². The second-order valence-corrected chi connectivity index (χ2v) is 10.1. The van der Waals surface area contributed by atoms with E-state index < -0.39 is 23.2 Å². The number of benzene rings is 3. The molecule has 42 heavy (non-hydrogen) atoms. The Hall–Kier alpha value is -5.19. The third-order valence-corrected chi connectivity index (χ3v) is 6.95. The fraction of sp³-hybridized carbons (Fsp3) is 0.194. The number of nitrogen functional groups attached to an aromatic ring is 1. The van der Waals surface area contributed by atoms with Crippen LogP contribution in [0.2, 0.25) is 0 Å². The van der Waals surface area contributed by atoms with Gasteiger partial charge in [0.1, 0.15) is 40.9 Å². The lowest BCUT2D eigenvalue weighted by Gasteiger charge is -2.21. The van der Waals surface area contributed by atoms with Crippen molar-refractivity contribution in [3.63, 3.8) is 0 Å². The van der Waals surface area contributed by atoms with E-state index in [-0.39, 0.29) is 28.6 Å². The highest BCUT2D eigenvalue weighted by molar-refractivity contribution is 5.98. The molecule has 0 aliphatic heterocycles. The Morgan fingerprint density at radius 2 is 1.74 bits per heavy atom. The van der Waals surface area contributed by atoms with Crippen molar-refractivity contribution in [1.82, 2.24) is 29.3 Å². The van der Waals surface area contributed by atoms with E-state index in [0.29, 0.717) is 40.2 Å². The van der Waals surface area contributed by atoms with Gasteiger partial charge in [-0.3, -0.25) is 9.36 Å². The summed E-state index contributed by atoms with van der Waals surface area (Å²) in [6, 6.07) is 17.2. The highest BCUT2D eigenvalue weighted by Gasteiger charge is 2.28. The molecule has 0 saturated carbocycles. The fourth-order valence-corrected chi connectivity index (χ4v) is 5.13. The van der Waals surface area contributed by atoms with Crippen molar-refractivity contribution < 1.29 is 13.5 Å². The van der Waals surface area contributed by atoms with E-state index in [9.17, 15) is 9.18 Å². The fourth-order valence-electron chi connectivity index (χ4n) is 5.13. The van der Waals surface area contributed by atoms with E-state index in [2.05, 4.69) is 9.97 Å². The molecule has 2 N–H and O–H groups in total. The monoisotopic (exact) mass is 567 g/mol. The van der Waals surface area contributed by atoms with Crippen LogP contribution in [0, 0.1) is 11.6 Å². The van der Waals surface area contributed by atoms with Gasteiger partial charge in [-0.15, -0.1) is 0 Å². The van der Waals surface area contributed by atoms with Gasteiger partial charge in [-0.2, -0.15) is 5.10 Å². The summed E-state index contributed by atoms with van der Waals surface area (Å²) in [5.74, 6) is -0.608. The summed E-state index contributed by atoms with van der Waals surface area (Å²) < 4.78 is 38.5. The molecule has 0 aliphatic carbocycles. The zero-order chi connectivity index (χ0) is 29.5. The third-order valence-electron chi connectivity index (χ3n) is 6.95. The Morgan fingerprint density at radius 3 is 2.45 bits per heavy atom. The maximum absolute atomic E-state index is 15.1. The van der Waals surface area contributed by atoms with Crippen LogP contribution in [0.25, 0.3) is 38.9 Å². The van der Waals surface area contributed by atoms with Crippen LogP contribution >= 0.6 is 0 Å². The maximum Gasteiger partial charge on any atom is 0.269 e. The van der Waals surface area contributed by atoms with Gasteiger partial charge in [0.25, 0.3) is 5.56 Å². The second-order valence-electron chi connectivity index (χ2n) is 10.1. The van der Waals surface area contributed by atoms with Crippen LogP contribution in [0.4, 0.5) is 14.6 Å². The molecule has 3 aromatic carbocycles. The lowest BCUT2D eigenvalue weighted by molar-refractivity contribution is 0.231. The highest BCUT2D eigenvalue weighted by Crippen LogP contribution is 2.36. The molecular weight excluding hydrogens is 540 g/mol. The van der Waals surface area contributed by atoms with Crippen LogP contribution in [0.1, 0.15) is 39.1 Å². The molecule has 0 radical (unpaired) electrons. The van der Waals surface area contributed by atoms with Gasteiger partial charge < -0.3 is 10.5 Å². The number of nitrogens with zero attached hydrogens (tertiary/aromatic N) is 6. The van der Waals surface area contributed by atoms with E-state index in [4.69, 9.17) is 20.6 Å². The minimum absolute atomic E-state index is 0.114. The maximum atomic E-state index is 15.1. The topological polar surface area (TPSA) is 114 Å². The quantitative estimate of drug-likeness (QED) is 0.258. The van der Waals surface area contributed by atoms with Crippen LogP contribution in [-0.4, -0.2) is 35.4 Å². The number of anilines is 1. The molecule has 9 nitrogen and oxygen atoms in total. The van der Waals surface area contributed by atoms with E-state index in [0.717, 1.165) is 0 Å². The van der Waals surface area contributed by atoms with Crippen molar-refractivity contribution in [1.29, 1.82) is 0 Å². The Bertz CT molecular complexity index is 2010. The summed E-state index contributed by atoms with van der Waals surface area (Å²) in [4.78, 5) is 27.3. The Kier molecular flexibility index (Phi) is 6.85. The van der Waals surface area contributed by atoms with E-state index >= 15 is 4.39 Å². The van der Waals surface area contributed by atoms with Crippen molar-refractivity contribution in [2.45, 2.75) is 39.3 Å². The number of rotatable bonds is 7. The summed E-state index contributed by atoms with van der Waals surface area (Å²) in [6.45, 7) is 5.54. The molecule has 0 spiro atoms. The smallest absolute Gasteiger partial charge is 0.269 e.